The summed E-state index contributed by atoms with van der Waals surface area (Å²) in [6.07, 6.45) is 4.86. The van der Waals surface area contributed by atoms with Crippen LogP contribution in [0.2, 0.25) is 0 Å². The van der Waals surface area contributed by atoms with Crippen LogP contribution in [0.1, 0.15) is 32.2 Å². The highest BCUT2D eigenvalue weighted by atomic mass is 32.2. The van der Waals surface area contributed by atoms with Gasteiger partial charge in [0.05, 0.1) is 4.75 Å². The second-order valence-electron chi connectivity index (χ2n) is 4.16. The van der Waals surface area contributed by atoms with Crippen molar-refractivity contribution in [3.05, 3.63) is 23.8 Å². The molecule has 1 heterocycles. The van der Waals surface area contributed by atoms with Crippen molar-refractivity contribution in [1.29, 1.82) is 0 Å². The molecule has 0 aliphatic rings. The van der Waals surface area contributed by atoms with Gasteiger partial charge in [0.2, 0.25) is 0 Å². The topological polar surface area (TPSA) is 55.2 Å². The lowest BCUT2D eigenvalue weighted by molar-refractivity contribution is 0.651. The second-order valence-corrected chi connectivity index (χ2v) is 6.09. The molecular weight excluding hydrogens is 210 g/mol. The molecule has 0 aliphatic carbocycles. The zero-order valence-corrected chi connectivity index (χ0v) is 10.2. The first kappa shape index (κ1) is 12.0. The summed E-state index contributed by atoms with van der Waals surface area (Å²) in [6.45, 7) is 7.46. The summed E-state index contributed by atoms with van der Waals surface area (Å²) in [5.41, 5.74) is 0.762. The molecule has 82 valence electrons. The van der Waals surface area contributed by atoms with Crippen molar-refractivity contribution in [3.63, 3.8) is 0 Å². The molecular formula is C10H15N3OS. The summed E-state index contributed by atoms with van der Waals surface area (Å²) in [4.78, 5) is 8.04. The van der Waals surface area contributed by atoms with Crippen molar-refractivity contribution < 1.29 is 4.21 Å². The van der Waals surface area contributed by atoms with Crippen molar-refractivity contribution in [3.8, 4) is 0 Å². The summed E-state index contributed by atoms with van der Waals surface area (Å²) in [5.74, 6) is 0.712. The van der Waals surface area contributed by atoms with Crippen LogP contribution in [-0.2, 0) is 11.0 Å². The average molecular weight is 225 g/mol. The van der Waals surface area contributed by atoms with Crippen LogP contribution < -0.4 is 0 Å². The molecule has 0 spiro atoms. The molecule has 4 nitrogen and oxygen atoms in total. The third-order valence-electron chi connectivity index (χ3n) is 1.62. The molecule has 15 heavy (non-hydrogen) atoms. The predicted octanol–water partition coefficient (Wildman–Crippen LogP) is 1.67. The average Bonchev–Trinajstić information content (AvgIpc) is 2.15. The Kier molecular flexibility index (Phi) is 3.68. The summed E-state index contributed by atoms with van der Waals surface area (Å²) in [5, 5.41) is 0. The van der Waals surface area contributed by atoms with Gasteiger partial charge in [0.15, 0.2) is 0 Å². The van der Waals surface area contributed by atoms with Gasteiger partial charge < -0.3 is 0 Å². The number of nitrogens with zero attached hydrogens (tertiary/aromatic N) is 3. The highest BCUT2D eigenvalue weighted by molar-refractivity contribution is 7.85. The second kappa shape index (κ2) is 4.61. The Morgan fingerprint density at radius 1 is 1.33 bits per heavy atom. The van der Waals surface area contributed by atoms with Gasteiger partial charge in [0.25, 0.3) is 0 Å². The molecule has 1 aromatic heterocycles. The SMILES string of the molecule is Cc1ncc(/C=N/[S@@](=O)C(C)(C)C)cn1. The zero-order chi connectivity index (χ0) is 11.5. The monoisotopic (exact) mass is 225 g/mol. The maximum atomic E-state index is 11.6. The maximum absolute atomic E-state index is 11.6. The van der Waals surface area contributed by atoms with E-state index in [-0.39, 0.29) is 4.75 Å². The minimum absolute atomic E-state index is 0.331. The quantitative estimate of drug-likeness (QED) is 0.719. The van der Waals surface area contributed by atoms with E-state index in [0.29, 0.717) is 5.82 Å². The highest BCUT2D eigenvalue weighted by Gasteiger charge is 2.17. The van der Waals surface area contributed by atoms with E-state index >= 15 is 0 Å². The van der Waals surface area contributed by atoms with Crippen LogP contribution in [0.3, 0.4) is 0 Å². The largest absolute Gasteiger partial charge is 0.241 e. The predicted molar refractivity (Wildman–Crippen MR) is 62.3 cm³/mol. The Morgan fingerprint density at radius 3 is 2.33 bits per heavy atom. The smallest absolute Gasteiger partial charge is 0.144 e. The van der Waals surface area contributed by atoms with Crippen LogP contribution in [0, 0.1) is 6.92 Å². The van der Waals surface area contributed by atoms with Crippen molar-refractivity contribution >= 4 is 17.2 Å². The van der Waals surface area contributed by atoms with E-state index in [2.05, 4.69) is 14.4 Å². The van der Waals surface area contributed by atoms with Gasteiger partial charge in [-0.15, -0.1) is 0 Å². The summed E-state index contributed by atoms with van der Waals surface area (Å²) in [7, 11) is -1.23. The van der Waals surface area contributed by atoms with Crippen LogP contribution >= 0.6 is 0 Å². The molecule has 0 radical (unpaired) electrons. The van der Waals surface area contributed by atoms with Gasteiger partial charge in [-0.25, -0.2) is 14.2 Å². The summed E-state index contributed by atoms with van der Waals surface area (Å²) < 4.78 is 15.2. The maximum Gasteiger partial charge on any atom is 0.144 e. The van der Waals surface area contributed by atoms with E-state index in [9.17, 15) is 4.21 Å². The molecule has 0 amide bonds. The minimum atomic E-state index is -1.23. The first-order valence-corrected chi connectivity index (χ1v) is 5.75. The molecule has 0 fully saturated rings. The molecule has 0 N–H and O–H groups in total. The first-order valence-electron chi connectivity index (χ1n) is 4.64. The lowest BCUT2D eigenvalue weighted by atomic mass is 10.3. The molecule has 0 aromatic carbocycles. The van der Waals surface area contributed by atoms with E-state index in [0.717, 1.165) is 5.56 Å². The van der Waals surface area contributed by atoms with Crippen molar-refractivity contribution in [1.82, 2.24) is 9.97 Å². The minimum Gasteiger partial charge on any atom is -0.241 e. The number of aromatic nitrogens is 2. The molecule has 0 unspecified atom stereocenters. The lowest BCUT2D eigenvalue weighted by Gasteiger charge is -2.12. The Labute approximate surface area is 92.5 Å². The van der Waals surface area contributed by atoms with E-state index in [1.807, 2.05) is 27.7 Å². The fourth-order valence-electron chi connectivity index (χ4n) is 0.736. The van der Waals surface area contributed by atoms with Gasteiger partial charge in [0.1, 0.15) is 16.8 Å². The molecule has 0 aliphatic heterocycles. The van der Waals surface area contributed by atoms with E-state index in [4.69, 9.17) is 0 Å². The van der Waals surface area contributed by atoms with Crippen LogP contribution in [0.5, 0.6) is 0 Å². The third-order valence-corrected chi connectivity index (χ3v) is 2.97. The van der Waals surface area contributed by atoms with Gasteiger partial charge in [-0.05, 0) is 27.7 Å². The van der Waals surface area contributed by atoms with Crippen LogP contribution in [0.15, 0.2) is 16.8 Å². The standard InChI is InChI=1S/C10H15N3OS/c1-8-11-5-9(6-12-8)7-13-15(14)10(2,3)4/h5-7H,1-4H3/b13-7+/t15-/m0/s1. The summed E-state index contributed by atoms with van der Waals surface area (Å²) in [6, 6.07) is 0. The number of hydrogen-bond acceptors (Lipinski definition) is 3. The van der Waals surface area contributed by atoms with Gasteiger partial charge in [-0.1, -0.05) is 0 Å². The van der Waals surface area contributed by atoms with Crippen molar-refractivity contribution in [2.75, 3.05) is 0 Å². The zero-order valence-electron chi connectivity index (χ0n) is 9.39. The van der Waals surface area contributed by atoms with Gasteiger partial charge in [-0.3, -0.25) is 0 Å². The van der Waals surface area contributed by atoms with E-state index in [1.54, 1.807) is 18.6 Å². The van der Waals surface area contributed by atoms with Crippen molar-refractivity contribution in [2.45, 2.75) is 32.4 Å². The first-order chi connectivity index (χ1) is 6.89. The van der Waals surface area contributed by atoms with Crippen LogP contribution in [0.4, 0.5) is 0 Å². The molecule has 5 heteroatoms. The number of aryl methyl sites for hydroxylation is 1. The third kappa shape index (κ3) is 3.87. The van der Waals surface area contributed by atoms with Gasteiger partial charge in [-0.2, -0.15) is 4.40 Å². The highest BCUT2D eigenvalue weighted by Crippen LogP contribution is 2.11. The van der Waals surface area contributed by atoms with E-state index in [1.165, 1.54) is 0 Å². The molecule has 0 saturated heterocycles. The number of hydrogen-bond donors (Lipinski definition) is 0. The van der Waals surface area contributed by atoms with Crippen LogP contribution in [-0.4, -0.2) is 25.1 Å². The molecule has 1 aromatic rings. The molecule has 0 bridgehead atoms. The molecule has 0 saturated carbocycles. The fourth-order valence-corrected chi connectivity index (χ4v) is 1.27. The Bertz CT molecular complexity index is 379. The van der Waals surface area contributed by atoms with Crippen LogP contribution in [0.25, 0.3) is 0 Å². The lowest BCUT2D eigenvalue weighted by Crippen LogP contribution is -2.19. The van der Waals surface area contributed by atoms with Gasteiger partial charge in [0, 0.05) is 24.2 Å². The molecule has 1 atom stereocenters. The fraction of sp³-hybridized carbons (Fsp3) is 0.500. The van der Waals surface area contributed by atoms with Gasteiger partial charge >= 0.3 is 0 Å². The normalized spacial score (nSPS) is 14.4. The summed E-state index contributed by atoms with van der Waals surface area (Å²) >= 11 is 0. The molecule has 1 rings (SSSR count). The Balaban J connectivity index is 2.74. The van der Waals surface area contributed by atoms with Crippen molar-refractivity contribution in [2.24, 2.45) is 4.40 Å². The van der Waals surface area contributed by atoms with E-state index < -0.39 is 11.0 Å². The Morgan fingerprint density at radius 2 is 1.87 bits per heavy atom. The number of rotatable bonds is 2. The Hall–Kier alpha value is -1.10.